The molecule has 0 bridgehead atoms. The van der Waals surface area contributed by atoms with Gasteiger partial charge in [-0.05, 0) is 30.3 Å². The third-order valence-corrected chi connectivity index (χ3v) is 2.69. The second kappa shape index (κ2) is 5.58. The zero-order chi connectivity index (χ0) is 13.8. The van der Waals surface area contributed by atoms with E-state index in [0.717, 1.165) is 6.07 Å². The minimum Gasteiger partial charge on any atom is -0.455 e. The molecule has 19 heavy (non-hydrogen) atoms. The van der Waals surface area contributed by atoms with Crippen molar-refractivity contribution in [2.24, 2.45) is 10.9 Å². The Morgan fingerprint density at radius 1 is 1.21 bits per heavy atom. The van der Waals surface area contributed by atoms with Crippen LogP contribution in [0.25, 0.3) is 0 Å². The highest BCUT2D eigenvalue weighted by molar-refractivity contribution is 6.32. The number of amidine groups is 1. The van der Waals surface area contributed by atoms with Crippen LogP contribution in [0.1, 0.15) is 5.56 Å². The van der Waals surface area contributed by atoms with E-state index in [-0.39, 0.29) is 17.1 Å². The molecule has 0 radical (unpaired) electrons. The van der Waals surface area contributed by atoms with E-state index < -0.39 is 5.82 Å². The zero-order valence-corrected chi connectivity index (χ0v) is 10.4. The Hall–Kier alpha value is -2.27. The summed E-state index contributed by atoms with van der Waals surface area (Å²) in [7, 11) is 0. The lowest BCUT2D eigenvalue weighted by atomic mass is 10.2. The first-order valence-electron chi connectivity index (χ1n) is 5.31. The molecular formula is C13H10ClFN2O2. The van der Waals surface area contributed by atoms with Crippen LogP contribution in [-0.4, -0.2) is 11.0 Å². The normalized spacial score (nSPS) is 11.4. The Bertz CT molecular complexity index is 632. The lowest BCUT2D eigenvalue weighted by molar-refractivity contribution is 0.318. The highest BCUT2D eigenvalue weighted by Crippen LogP contribution is 2.31. The van der Waals surface area contributed by atoms with Crippen LogP contribution in [0.2, 0.25) is 5.02 Å². The van der Waals surface area contributed by atoms with Gasteiger partial charge in [0.25, 0.3) is 0 Å². The first-order valence-corrected chi connectivity index (χ1v) is 5.69. The maximum Gasteiger partial charge on any atom is 0.173 e. The molecule has 0 amide bonds. The summed E-state index contributed by atoms with van der Waals surface area (Å²) in [5.41, 5.74) is 5.62. The van der Waals surface area contributed by atoms with Gasteiger partial charge in [0.1, 0.15) is 17.3 Å². The van der Waals surface area contributed by atoms with E-state index in [2.05, 4.69) is 5.16 Å². The molecule has 0 spiro atoms. The third-order valence-electron chi connectivity index (χ3n) is 2.38. The summed E-state index contributed by atoms with van der Waals surface area (Å²) in [6.07, 6.45) is 0. The van der Waals surface area contributed by atoms with Crippen molar-refractivity contribution in [1.29, 1.82) is 0 Å². The summed E-state index contributed by atoms with van der Waals surface area (Å²) in [5.74, 6) is -0.137. The highest BCUT2D eigenvalue weighted by Gasteiger charge is 2.12. The van der Waals surface area contributed by atoms with Crippen LogP contribution in [0.4, 0.5) is 4.39 Å². The summed E-state index contributed by atoms with van der Waals surface area (Å²) in [6, 6.07) is 10.5. The largest absolute Gasteiger partial charge is 0.455 e. The van der Waals surface area contributed by atoms with Crippen molar-refractivity contribution in [2.45, 2.75) is 0 Å². The monoisotopic (exact) mass is 280 g/mol. The van der Waals surface area contributed by atoms with Crippen LogP contribution in [0.15, 0.2) is 47.6 Å². The van der Waals surface area contributed by atoms with Gasteiger partial charge in [-0.3, -0.25) is 0 Å². The summed E-state index contributed by atoms with van der Waals surface area (Å²) in [6.45, 7) is 0. The maximum atomic E-state index is 13.2. The molecule has 0 heterocycles. The molecule has 2 aromatic carbocycles. The van der Waals surface area contributed by atoms with Gasteiger partial charge in [0.2, 0.25) is 0 Å². The smallest absolute Gasteiger partial charge is 0.173 e. The van der Waals surface area contributed by atoms with E-state index in [0.29, 0.717) is 10.8 Å². The Labute approximate surface area is 113 Å². The van der Waals surface area contributed by atoms with Gasteiger partial charge in [-0.1, -0.05) is 28.9 Å². The molecule has 0 aliphatic rings. The minimum absolute atomic E-state index is 0.141. The third kappa shape index (κ3) is 2.95. The van der Waals surface area contributed by atoms with E-state index in [1.54, 1.807) is 24.3 Å². The number of rotatable bonds is 3. The van der Waals surface area contributed by atoms with Crippen LogP contribution in [0, 0.1) is 5.82 Å². The standard InChI is InChI=1S/C13H10ClFN2O2/c14-10-3-1-2-4-12(10)19-11-6-5-8(15)7-9(11)13(16)17-18/h1-7,18H,(H2,16,17). The number of oxime groups is 1. The van der Waals surface area contributed by atoms with Crippen LogP contribution >= 0.6 is 11.6 Å². The topological polar surface area (TPSA) is 67.8 Å². The molecule has 0 aliphatic heterocycles. The fourth-order valence-electron chi connectivity index (χ4n) is 1.49. The van der Waals surface area contributed by atoms with E-state index in [4.69, 9.17) is 27.3 Å². The molecule has 0 aliphatic carbocycles. The quantitative estimate of drug-likeness (QED) is 0.392. The molecule has 0 unspecified atom stereocenters. The Balaban J connectivity index is 2.43. The van der Waals surface area contributed by atoms with Crippen molar-refractivity contribution in [1.82, 2.24) is 0 Å². The van der Waals surface area contributed by atoms with Gasteiger partial charge in [0.05, 0.1) is 10.6 Å². The van der Waals surface area contributed by atoms with Crippen molar-refractivity contribution in [3.63, 3.8) is 0 Å². The van der Waals surface area contributed by atoms with Gasteiger partial charge < -0.3 is 15.7 Å². The number of hydrogen-bond donors (Lipinski definition) is 2. The van der Waals surface area contributed by atoms with Crippen LogP contribution in [0.3, 0.4) is 0 Å². The Morgan fingerprint density at radius 2 is 1.95 bits per heavy atom. The second-order valence-corrected chi connectivity index (χ2v) is 4.07. The molecule has 0 fully saturated rings. The second-order valence-electron chi connectivity index (χ2n) is 3.66. The van der Waals surface area contributed by atoms with E-state index in [1.165, 1.54) is 12.1 Å². The van der Waals surface area contributed by atoms with Crippen LogP contribution < -0.4 is 10.5 Å². The number of nitrogens with zero attached hydrogens (tertiary/aromatic N) is 1. The lowest BCUT2D eigenvalue weighted by Crippen LogP contribution is -2.14. The predicted molar refractivity (Wildman–Crippen MR) is 70.4 cm³/mol. The van der Waals surface area contributed by atoms with Crippen molar-refractivity contribution < 1.29 is 14.3 Å². The first-order chi connectivity index (χ1) is 9.11. The van der Waals surface area contributed by atoms with Gasteiger partial charge in [0, 0.05) is 0 Å². The van der Waals surface area contributed by atoms with Gasteiger partial charge in [-0.15, -0.1) is 0 Å². The average Bonchev–Trinajstić information content (AvgIpc) is 2.42. The van der Waals surface area contributed by atoms with Crippen molar-refractivity contribution in [3.05, 3.63) is 58.9 Å². The number of halogens is 2. The molecule has 0 aromatic heterocycles. The number of hydrogen-bond acceptors (Lipinski definition) is 3. The van der Waals surface area contributed by atoms with E-state index in [1.807, 2.05) is 0 Å². The molecule has 0 atom stereocenters. The van der Waals surface area contributed by atoms with Crippen LogP contribution in [0.5, 0.6) is 11.5 Å². The fourth-order valence-corrected chi connectivity index (χ4v) is 1.67. The van der Waals surface area contributed by atoms with Crippen molar-refractivity contribution in [3.8, 4) is 11.5 Å². The Kier molecular flexibility index (Phi) is 3.87. The minimum atomic E-state index is -0.520. The molecular weight excluding hydrogens is 271 g/mol. The molecule has 3 N–H and O–H groups in total. The first kappa shape index (κ1) is 13.2. The Morgan fingerprint density at radius 3 is 2.63 bits per heavy atom. The number of nitrogens with two attached hydrogens (primary N) is 1. The molecule has 2 rings (SSSR count). The molecule has 98 valence electrons. The van der Waals surface area contributed by atoms with Crippen LogP contribution in [-0.2, 0) is 0 Å². The lowest BCUT2D eigenvalue weighted by Gasteiger charge is -2.11. The molecule has 0 saturated carbocycles. The maximum absolute atomic E-state index is 13.2. The molecule has 4 nitrogen and oxygen atoms in total. The highest BCUT2D eigenvalue weighted by atomic mass is 35.5. The van der Waals surface area contributed by atoms with Gasteiger partial charge >= 0.3 is 0 Å². The summed E-state index contributed by atoms with van der Waals surface area (Å²) in [5, 5.41) is 11.9. The van der Waals surface area contributed by atoms with E-state index in [9.17, 15) is 4.39 Å². The van der Waals surface area contributed by atoms with Gasteiger partial charge in [-0.2, -0.15) is 0 Å². The van der Waals surface area contributed by atoms with Gasteiger partial charge in [0.15, 0.2) is 5.84 Å². The van der Waals surface area contributed by atoms with E-state index >= 15 is 0 Å². The number of benzene rings is 2. The number of ether oxygens (including phenoxy) is 1. The molecule has 2 aromatic rings. The SMILES string of the molecule is N/C(=N/O)c1cc(F)ccc1Oc1ccccc1Cl. The van der Waals surface area contributed by atoms with Gasteiger partial charge in [-0.25, -0.2) is 4.39 Å². The van der Waals surface area contributed by atoms with Crippen molar-refractivity contribution >= 4 is 17.4 Å². The summed E-state index contributed by atoms with van der Waals surface area (Å²) in [4.78, 5) is 0. The number of para-hydroxylation sites is 1. The predicted octanol–water partition coefficient (Wildman–Crippen LogP) is 3.37. The molecule has 6 heteroatoms. The fraction of sp³-hybridized carbons (Fsp3) is 0. The average molecular weight is 281 g/mol. The summed E-state index contributed by atoms with van der Waals surface area (Å²) < 4.78 is 18.7. The zero-order valence-electron chi connectivity index (χ0n) is 9.68. The molecule has 0 saturated heterocycles. The van der Waals surface area contributed by atoms with Crippen molar-refractivity contribution in [2.75, 3.05) is 0 Å². The summed E-state index contributed by atoms with van der Waals surface area (Å²) >= 11 is 5.96.